The van der Waals surface area contributed by atoms with E-state index in [0.717, 1.165) is 54.0 Å². The highest BCUT2D eigenvalue weighted by Gasteiger charge is 2.36. The molecule has 0 saturated heterocycles. The number of ether oxygens (including phenoxy) is 1. The lowest BCUT2D eigenvalue weighted by Gasteiger charge is -2.28. The van der Waals surface area contributed by atoms with E-state index in [2.05, 4.69) is 15.6 Å². The van der Waals surface area contributed by atoms with Crippen LogP contribution in [0, 0.1) is 4.78 Å². The zero-order valence-corrected chi connectivity index (χ0v) is 21.4. The summed E-state index contributed by atoms with van der Waals surface area (Å²) in [5.41, 5.74) is 1.31. The molecular weight excluding hydrogens is 472 g/mol. The summed E-state index contributed by atoms with van der Waals surface area (Å²) in [7, 11) is -2.97. The van der Waals surface area contributed by atoms with E-state index in [1.54, 1.807) is 23.5 Å². The van der Waals surface area contributed by atoms with Crippen molar-refractivity contribution in [3.05, 3.63) is 29.4 Å². The predicted octanol–water partition coefficient (Wildman–Crippen LogP) is 5.50. The first-order chi connectivity index (χ1) is 16.1. The average Bonchev–Trinajstić information content (AvgIpc) is 3.52. The van der Waals surface area contributed by atoms with Crippen LogP contribution < -0.4 is 10.6 Å². The molecule has 34 heavy (non-hydrogen) atoms. The van der Waals surface area contributed by atoms with Crippen LogP contribution in [-0.4, -0.2) is 38.6 Å². The molecule has 1 heterocycles. The van der Waals surface area contributed by atoms with Crippen molar-refractivity contribution in [1.82, 2.24) is 10.3 Å². The molecule has 1 aromatic carbocycles. The highest BCUT2D eigenvalue weighted by atomic mass is 32.2. The number of nitrogens with zero attached hydrogens (tertiary/aromatic N) is 1. The quantitative estimate of drug-likeness (QED) is 0.460. The van der Waals surface area contributed by atoms with Gasteiger partial charge >= 0.3 is 6.09 Å². The average molecular weight is 505 g/mol. The number of hydrogen-bond donors (Lipinski definition) is 3. The van der Waals surface area contributed by atoms with E-state index in [0.29, 0.717) is 16.5 Å². The molecule has 0 bridgehead atoms. The van der Waals surface area contributed by atoms with Crippen molar-refractivity contribution in [2.75, 3.05) is 5.32 Å². The summed E-state index contributed by atoms with van der Waals surface area (Å²) in [6, 6.07) is 5.43. The van der Waals surface area contributed by atoms with Gasteiger partial charge in [-0.15, -0.1) is 11.3 Å². The van der Waals surface area contributed by atoms with Crippen molar-refractivity contribution in [2.45, 2.75) is 87.5 Å². The van der Waals surface area contributed by atoms with Crippen LogP contribution in [0.5, 0.6) is 0 Å². The lowest BCUT2D eigenvalue weighted by Crippen LogP contribution is -2.38. The van der Waals surface area contributed by atoms with E-state index in [-0.39, 0.29) is 29.4 Å². The number of benzene rings is 1. The van der Waals surface area contributed by atoms with Crippen molar-refractivity contribution in [3.8, 4) is 10.4 Å². The number of amides is 2. The first-order valence-corrected chi connectivity index (χ1v) is 14.2. The van der Waals surface area contributed by atoms with Gasteiger partial charge in [0.1, 0.15) is 0 Å². The number of rotatable bonds is 7. The molecule has 184 valence electrons. The fourth-order valence-electron chi connectivity index (χ4n) is 4.34. The SMILES string of the molecule is CC(=O)Nc1ccc(-c2cnc(C3CCC(NC(=O)OC(C)C)CC3)s2)c(S(=N)(=O)C2CC2)c1. The van der Waals surface area contributed by atoms with Gasteiger partial charge in [0.25, 0.3) is 0 Å². The van der Waals surface area contributed by atoms with Gasteiger partial charge in [0.05, 0.1) is 30.6 Å². The minimum Gasteiger partial charge on any atom is -0.447 e. The van der Waals surface area contributed by atoms with E-state index < -0.39 is 9.73 Å². The summed E-state index contributed by atoms with van der Waals surface area (Å²) in [5, 5.41) is 6.59. The van der Waals surface area contributed by atoms with Gasteiger partial charge in [0.2, 0.25) is 5.91 Å². The van der Waals surface area contributed by atoms with Crippen LogP contribution in [0.25, 0.3) is 10.4 Å². The third-order valence-corrected chi connectivity index (χ3v) is 9.75. The fraction of sp³-hybridized carbons (Fsp3) is 0.542. The molecule has 3 N–H and O–H groups in total. The molecule has 2 saturated carbocycles. The van der Waals surface area contributed by atoms with Gasteiger partial charge in [0, 0.05) is 41.6 Å². The molecule has 1 aromatic heterocycles. The Morgan fingerprint density at radius 1 is 1.18 bits per heavy atom. The van der Waals surface area contributed by atoms with Gasteiger partial charge < -0.3 is 15.4 Å². The number of carbonyl (C=O) groups excluding carboxylic acids is 2. The van der Waals surface area contributed by atoms with E-state index in [1.165, 1.54) is 6.92 Å². The Kier molecular flexibility index (Phi) is 7.28. The molecule has 2 aliphatic rings. The van der Waals surface area contributed by atoms with Crippen molar-refractivity contribution < 1.29 is 18.5 Å². The zero-order valence-electron chi connectivity index (χ0n) is 19.8. The number of hydrogen-bond acceptors (Lipinski definition) is 7. The number of carbonyl (C=O) groups is 2. The minimum atomic E-state index is -2.97. The van der Waals surface area contributed by atoms with Crippen LogP contribution in [-0.2, 0) is 19.3 Å². The summed E-state index contributed by atoms with van der Waals surface area (Å²) in [6.07, 6.45) is 6.47. The predicted molar refractivity (Wildman–Crippen MR) is 134 cm³/mol. The monoisotopic (exact) mass is 504 g/mol. The maximum atomic E-state index is 13.4. The van der Waals surface area contributed by atoms with Gasteiger partial charge in [-0.1, -0.05) is 6.07 Å². The Morgan fingerprint density at radius 2 is 1.88 bits per heavy atom. The van der Waals surface area contributed by atoms with Crippen molar-refractivity contribution in [2.24, 2.45) is 0 Å². The molecule has 0 aliphatic heterocycles. The number of alkyl carbamates (subject to hydrolysis) is 1. The number of nitrogens with one attached hydrogen (secondary N) is 3. The summed E-state index contributed by atoms with van der Waals surface area (Å²) >= 11 is 1.58. The smallest absolute Gasteiger partial charge is 0.407 e. The van der Waals surface area contributed by atoms with Crippen LogP contribution in [0.3, 0.4) is 0 Å². The van der Waals surface area contributed by atoms with Crippen LogP contribution in [0.15, 0.2) is 29.3 Å². The fourth-order valence-corrected chi connectivity index (χ4v) is 7.49. The molecule has 2 aromatic rings. The van der Waals surface area contributed by atoms with Crippen LogP contribution in [0.1, 0.15) is 70.2 Å². The lowest BCUT2D eigenvalue weighted by atomic mass is 9.86. The molecular formula is C24H32N4O4S2. The molecule has 4 rings (SSSR count). The van der Waals surface area contributed by atoms with Gasteiger partial charge in [-0.25, -0.2) is 18.8 Å². The molecule has 10 heteroatoms. The number of anilines is 1. The third-order valence-electron chi connectivity index (χ3n) is 6.15. The van der Waals surface area contributed by atoms with Gasteiger partial charge in [0.15, 0.2) is 0 Å². The molecule has 1 atom stereocenters. The summed E-state index contributed by atoms with van der Waals surface area (Å²) in [4.78, 5) is 29.4. The highest BCUT2D eigenvalue weighted by Crippen LogP contribution is 2.43. The summed E-state index contributed by atoms with van der Waals surface area (Å²) in [5.74, 6) is 0.105. The van der Waals surface area contributed by atoms with Crippen molar-refractivity contribution in [3.63, 3.8) is 0 Å². The normalized spacial score (nSPS) is 22.1. The lowest BCUT2D eigenvalue weighted by molar-refractivity contribution is -0.114. The van der Waals surface area contributed by atoms with Gasteiger partial charge in [-0.2, -0.15) is 0 Å². The summed E-state index contributed by atoms with van der Waals surface area (Å²) < 4.78 is 27.2. The first kappa shape index (κ1) is 24.7. The number of thiazole rings is 1. The third kappa shape index (κ3) is 5.78. The van der Waals surface area contributed by atoms with E-state index in [9.17, 15) is 13.8 Å². The molecule has 1 unspecified atom stereocenters. The van der Waals surface area contributed by atoms with E-state index >= 15 is 0 Å². The van der Waals surface area contributed by atoms with Crippen LogP contribution in [0.4, 0.5) is 10.5 Å². The Labute approximate surface area is 204 Å². The molecule has 2 amide bonds. The standard InChI is InChI=1S/C24H32N4O4S2/c1-14(2)32-24(30)28-17-6-4-16(5-7-17)23-26-13-21(33-23)20-11-8-18(27-15(3)29)12-22(20)34(25,31)19-9-10-19/h8,11-14,16-17,19,25H,4-7,9-10H2,1-3H3,(H,27,29)(H,28,30). The Morgan fingerprint density at radius 3 is 2.50 bits per heavy atom. The van der Waals surface area contributed by atoms with Crippen LogP contribution in [0.2, 0.25) is 0 Å². The first-order valence-electron chi connectivity index (χ1n) is 11.8. The Bertz CT molecular complexity index is 1160. The second-order valence-electron chi connectivity index (χ2n) is 9.40. The van der Waals surface area contributed by atoms with Crippen LogP contribution >= 0.6 is 11.3 Å². The zero-order chi connectivity index (χ0) is 24.5. The highest BCUT2D eigenvalue weighted by molar-refractivity contribution is 7.93. The maximum absolute atomic E-state index is 13.4. The molecule has 0 radical (unpaired) electrons. The van der Waals surface area contributed by atoms with E-state index in [1.807, 2.05) is 26.1 Å². The molecule has 0 spiro atoms. The Balaban J connectivity index is 1.50. The maximum Gasteiger partial charge on any atom is 0.407 e. The van der Waals surface area contributed by atoms with E-state index in [4.69, 9.17) is 9.52 Å². The Hall–Kier alpha value is -2.46. The largest absolute Gasteiger partial charge is 0.447 e. The molecule has 2 aliphatic carbocycles. The molecule has 2 fully saturated rings. The topological polar surface area (TPSA) is 121 Å². The summed E-state index contributed by atoms with van der Waals surface area (Å²) in [6.45, 7) is 5.09. The molecule has 8 nitrogen and oxygen atoms in total. The van der Waals surface area contributed by atoms with Gasteiger partial charge in [-0.05, 0) is 64.5 Å². The minimum absolute atomic E-state index is 0.112. The second kappa shape index (κ2) is 10.0. The number of aromatic nitrogens is 1. The van der Waals surface area contributed by atoms with Crippen molar-refractivity contribution in [1.29, 1.82) is 4.78 Å². The van der Waals surface area contributed by atoms with Gasteiger partial charge in [-0.3, -0.25) is 4.79 Å². The second-order valence-corrected chi connectivity index (χ2v) is 12.8. The van der Waals surface area contributed by atoms with Crippen molar-refractivity contribution >= 4 is 38.8 Å².